The monoisotopic (exact) mass is 316 g/mol. The Hall–Kier alpha value is -2.22. The Kier molecular flexibility index (Phi) is 3.00. The molecule has 2 bridgehead atoms. The third kappa shape index (κ3) is 2.19. The lowest BCUT2D eigenvalue weighted by atomic mass is 9.83. The molecule has 2 aliphatic heterocycles. The molecule has 2 aromatic heterocycles. The van der Waals surface area contributed by atoms with Gasteiger partial charge in [0.05, 0.1) is 0 Å². The second-order valence-electron chi connectivity index (χ2n) is 5.94. The third-order valence-electron chi connectivity index (χ3n) is 4.44. The van der Waals surface area contributed by atoms with Crippen LogP contribution in [-0.4, -0.2) is 32.6 Å². The van der Waals surface area contributed by atoms with Crippen molar-refractivity contribution in [3.05, 3.63) is 39.0 Å². The van der Waals surface area contributed by atoms with Gasteiger partial charge in [0.1, 0.15) is 0 Å². The molecule has 0 saturated carbocycles. The number of nitrogens with zero attached hydrogens (tertiary/aromatic N) is 4. The predicted molar refractivity (Wildman–Crippen MR) is 85.4 cm³/mol. The van der Waals surface area contributed by atoms with Gasteiger partial charge in [-0.3, -0.25) is 9.78 Å². The summed E-state index contributed by atoms with van der Waals surface area (Å²) in [7, 11) is 0. The Morgan fingerprint density at radius 3 is 2.95 bits per heavy atom. The Morgan fingerprint density at radius 2 is 2.14 bits per heavy atom. The van der Waals surface area contributed by atoms with E-state index >= 15 is 0 Å². The molecule has 1 saturated heterocycles. The summed E-state index contributed by atoms with van der Waals surface area (Å²) in [6.45, 7) is 2.38. The first-order chi connectivity index (χ1) is 10.6. The lowest BCUT2D eigenvalue weighted by molar-refractivity contribution is 0.279. The first-order valence-electron chi connectivity index (χ1n) is 7.28. The molecule has 0 unspecified atom stereocenters. The van der Waals surface area contributed by atoms with Crippen molar-refractivity contribution in [2.24, 2.45) is 5.92 Å². The number of nitrogens with two attached hydrogens (primary N) is 1. The molecular formula is C14H16N6OS. The van der Waals surface area contributed by atoms with Crippen molar-refractivity contribution in [1.82, 2.24) is 19.5 Å². The molecule has 0 aliphatic carbocycles. The summed E-state index contributed by atoms with van der Waals surface area (Å²) in [5.41, 5.74) is 6.93. The van der Waals surface area contributed by atoms with Gasteiger partial charge in [-0.1, -0.05) is 6.07 Å². The highest BCUT2D eigenvalue weighted by atomic mass is 32.1. The fourth-order valence-corrected chi connectivity index (χ4v) is 3.79. The zero-order valence-corrected chi connectivity index (χ0v) is 12.7. The lowest BCUT2D eigenvalue weighted by Gasteiger charge is -2.42. The van der Waals surface area contributed by atoms with Crippen molar-refractivity contribution >= 4 is 24.1 Å². The molecule has 0 aromatic carbocycles. The molecule has 2 aromatic rings. The molecule has 2 aliphatic rings. The maximum absolute atomic E-state index is 12.0. The number of aromatic amines is 1. The highest BCUT2D eigenvalue weighted by Crippen LogP contribution is 2.35. The quantitative estimate of drug-likeness (QED) is 0.760. The van der Waals surface area contributed by atoms with Gasteiger partial charge in [-0.05, 0) is 30.6 Å². The van der Waals surface area contributed by atoms with Crippen molar-refractivity contribution in [1.29, 1.82) is 0 Å². The van der Waals surface area contributed by atoms with Crippen LogP contribution in [-0.2, 0) is 6.54 Å². The van der Waals surface area contributed by atoms with Crippen LogP contribution in [0.5, 0.6) is 0 Å². The van der Waals surface area contributed by atoms with Crippen molar-refractivity contribution in [2.45, 2.75) is 18.9 Å². The van der Waals surface area contributed by atoms with Crippen LogP contribution in [0.4, 0.5) is 11.9 Å². The van der Waals surface area contributed by atoms with Crippen LogP contribution >= 0.6 is 12.2 Å². The summed E-state index contributed by atoms with van der Waals surface area (Å²) >= 11 is 5.04. The fourth-order valence-electron chi connectivity index (χ4n) is 3.61. The number of pyridine rings is 1. The Balaban J connectivity index is 1.71. The number of hydrogen-bond acceptors (Lipinski definition) is 6. The Bertz CT molecular complexity index is 844. The van der Waals surface area contributed by atoms with Crippen LogP contribution in [0.3, 0.4) is 0 Å². The summed E-state index contributed by atoms with van der Waals surface area (Å²) in [5.74, 6) is 1.69. The van der Waals surface area contributed by atoms with E-state index in [0.717, 1.165) is 31.7 Å². The highest BCUT2D eigenvalue weighted by molar-refractivity contribution is 7.71. The summed E-state index contributed by atoms with van der Waals surface area (Å²) in [4.78, 5) is 25.4. The van der Waals surface area contributed by atoms with Gasteiger partial charge in [0.15, 0.2) is 0 Å². The van der Waals surface area contributed by atoms with E-state index in [1.165, 1.54) is 0 Å². The van der Waals surface area contributed by atoms with E-state index in [0.29, 0.717) is 17.8 Å². The third-order valence-corrected chi connectivity index (χ3v) is 4.62. The van der Waals surface area contributed by atoms with E-state index in [9.17, 15) is 4.79 Å². The standard InChI is InChI=1S/C14H16N6OS/c15-12-16-13(18-14(22)17-12)19-5-8-4-9(7-19)10-2-1-3-11(21)20(10)6-8/h1-3,8-9H,4-7H2,(H3,15,16,17,18,22)/t8-,9+/m1/s1. The molecule has 0 amide bonds. The van der Waals surface area contributed by atoms with Crippen molar-refractivity contribution < 1.29 is 0 Å². The van der Waals surface area contributed by atoms with Crippen molar-refractivity contribution in [3.8, 4) is 0 Å². The number of nitrogen functional groups attached to an aromatic ring is 1. The van der Waals surface area contributed by atoms with Crippen LogP contribution in [0, 0.1) is 10.7 Å². The lowest BCUT2D eigenvalue weighted by Crippen LogP contribution is -2.47. The normalized spacial score (nSPS) is 23.2. The molecule has 4 heterocycles. The fraction of sp³-hybridized carbons (Fsp3) is 0.429. The van der Waals surface area contributed by atoms with Gasteiger partial charge in [0.25, 0.3) is 5.56 Å². The van der Waals surface area contributed by atoms with Gasteiger partial charge in [-0.2, -0.15) is 9.97 Å². The Labute approximate surface area is 131 Å². The maximum atomic E-state index is 12.0. The molecule has 1 fully saturated rings. The van der Waals surface area contributed by atoms with E-state index in [2.05, 4.69) is 19.9 Å². The summed E-state index contributed by atoms with van der Waals surface area (Å²) in [6.07, 6.45) is 1.10. The van der Waals surface area contributed by atoms with Gasteiger partial charge in [0.2, 0.25) is 16.7 Å². The molecule has 0 spiro atoms. The molecule has 8 heteroatoms. The molecule has 7 nitrogen and oxygen atoms in total. The zero-order valence-electron chi connectivity index (χ0n) is 11.9. The Morgan fingerprint density at radius 1 is 1.27 bits per heavy atom. The van der Waals surface area contributed by atoms with Gasteiger partial charge in [-0.25, -0.2) is 0 Å². The average Bonchev–Trinajstić information content (AvgIpc) is 2.47. The number of hydrogen-bond donors (Lipinski definition) is 2. The van der Waals surface area contributed by atoms with E-state index in [-0.39, 0.29) is 16.3 Å². The average molecular weight is 316 g/mol. The van der Waals surface area contributed by atoms with Gasteiger partial charge < -0.3 is 15.2 Å². The second kappa shape index (κ2) is 4.91. The topological polar surface area (TPSA) is 92.8 Å². The number of rotatable bonds is 1. The number of fused-ring (bicyclic) bond motifs is 4. The summed E-state index contributed by atoms with van der Waals surface area (Å²) in [5, 5.41) is 0. The zero-order chi connectivity index (χ0) is 15.3. The minimum atomic E-state index is 0.0892. The van der Waals surface area contributed by atoms with Crippen molar-refractivity contribution in [2.75, 3.05) is 23.7 Å². The van der Waals surface area contributed by atoms with E-state index in [1.54, 1.807) is 6.07 Å². The van der Waals surface area contributed by atoms with Crippen molar-refractivity contribution in [3.63, 3.8) is 0 Å². The molecule has 4 rings (SSSR count). The largest absolute Gasteiger partial charge is 0.369 e. The molecule has 114 valence electrons. The van der Waals surface area contributed by atoms with Crippen LogP contribution in [0.25, 0.3) is 0 Å². The number of piperidine rings is 1. The number of nitrogens with one attached hydrogen (secondary N) is 1. The van der Waals surface area contributed by atoms with Gasteiger partial charge in [0, 0.05) is 37.3 Å². The van der Waals surface area contributed by atoms with E-state index in [4.69, 9.17) is 18.0 Å². The van der Waals surface area contributed by atoms with E-state index in [1.807, 2.05) is 16.7 Å². The maximum Gasteiger partial charge on any atom is 0.250 e. The van der Waals surface area contributed by atoms with Gasteiger partial charge in [-0.15, -0.1) is 0 Å². The van der Waals surface area contributed by atoms with E-state index < -0.39 is 0 Å². The van der Waals surface area contributed by atoms with Crippen LogP contribution in [0.1, 0.15) is 18.0 Å². The summed E-state index contributed by atoms with van der Waals surface area (Å²) in [6, 6.07) is 5.51. The minimum absolute atomic E-state index is 0.0892. The van der Waals surface area contributed by atoms with Crippen LogP contribution in [0.15, 0.2) is 23.0 Å². The first-order valence-corrected chi connectivity index (χ1v) is 7.69. The second-order valence-corrected chi connectivity index (χ2v) is 6.31. The SMILES string of the molecule is Nc1nc(=S)nc(N2C[C@H]3C[C@@H](C2)c2cccc(=O)n2C3)[nH]1. The van der Waals surface area contributed by atoms with Crippen LogP contribution < -0.4 is 16.2 Å². The number of H-pyrrole nitrogens is 1. The minimum Gasteiger partial charge on any atom is -0.369 e. The molecule has 22 heavy (non-hydrogen) atoms. The molecule has 0 radical (unpaired) electrons. The molecule has 3 N–H and O–H groups in total. The highest BCUT2D eigenvalue weighted by Gasteiger charge is 2.35. The summed E-state index contributed by atoms with van der Waals surface area (Å²) < 4.78 is 2.16. The van der Waals surface area contributed by atoms with Crippen LogP contribution in [0.2, 0.25) is 0 Å². The molecular weight excluding hydrogens is 300 g/mol. The first kappa shape index (κ1) is 13.4. The predicted octanol–water partition coefficient (Wildman–Crippen LogP) is 0.902. The number of aromatic nitrogens is 4. The smallest absolute Gasteiger partial charge is 0.250 e. The van der Waals surface area contributed by atoms with Gasteiger partial charge >= 0.3 is 0 Å². The molecule has 2 atom stereocenters. The number of anilines is 2.